The SMILES string of the molecule is CC(C)(C)OC(=O)[C@H](CC(=O)Sc1ccccc1)NC(=O)COCCOCCOCCN=[N+]=[N-]. The summed E-state index contributed by atoms with van der Waals surface area (Å²) < 4.78 is 21.1. The van der Waals surface area contributed by atoms with Gasteiger partial charge in [0, 0.05) is 22.8 Å². The van der Waals surface area contributed by atoms with E-state index in [2.05, 4.69) is 15.3 Å². The van der Waals surface area contributed by atoms with Crippen LogP contribution >= 0.6 is 11.8 Å². The summed E-state index contributed by atoms with van der Waals surface area (Å²) in [4.78, 5) is 40.6. The maximum Gasteiger partial charge on any atom is 0.329 e. The average Bonchev–Trinajstić information content (AvgIpc) is 2.76. The fraction of sp³-hybridized carbons (Fsp3) is 0.591. The number of hydrogen-bond acceptors (Lipinski definition) is 9. The van der Waals surface area contributed by atoms with Gasteiger partial charge in [-0.25, -0.2) is 4.79 Å². The van der Waals surface area contributed by atoms with Crippen LogP contribution in [-0.2, 0) is 33.3 Å². The number of esters is 1. The van der Waals surface area contributed by atoms with Crippen LogP contribution in [0.5, 0.6) is 0 Å². The van der Waals surface area contributed by atoms with Crippen molar-refractivity contribution in [1.29, 1.82) is 0 Å². The molecule has 0 unspecified atom stereocenters. The number of carbonyl (C=O) groups excluding carboxylic acids is 3. The quantitative estimate of drug-likeness (QED) is 0.0917. The molecule has 188 valence electrons. The number of nitrogens with zero attached hydrogens (tertiary/aromatic N) is 3. The number of nitrogens with one attached hydrogen (secondary N) is 1. The Labute approximate surface area is 203 Å². The molecule has 0 aliphatic carbocycles. The van der Waals surface area contributed by atoms with Gasteiger partial charge in [0.2, 0.25) is 5.91 Å². The third kappa shape index (κ3) is 15.3. The molecule has 0 bridgehead atoms. The van der Waals surface area contributed by atoms with Crippen LogP contribution in [-0.4, -0.2) is 74.8 Å². The second-order valence-corrected chi connectivity index (χ2v) is 9.01. The van der Waals surface area contributed by atoms with Crippen molar-refractivity contribution in [2.45, 2.75) is 43.7 Å². The van der Waals surface area contributed by atoms with Crippen molar-refractivity contribution in [2.75, 3.05) is 46.2 Å². The Hall–Kier alpha value is -2.63. The minimum Gasteiger partial charge on any atom is -0.458 e. The lowest BCUT2D eigenvalue weighted by Gasteiger charge is -2.24. The lowest BCUT2D eigenvalue weighted by molar-refractivity contribution is -0.159. The summed E-state index contributed by atoms with van der Waals surface area (Å²) in [6.45, 7) is 6.47. The van der Waals surface area contributed by atoms with Crippen LogP contribution < -0.4 is 5.32 Å². The summed E-state index contributed by atoms with van der Waals surface area (Å²) in [6, 6.07) is 7.90. The molecule has 1 aromatic carbocycles. The first-order chi connectivity index (χ1) is 16.2. The zero-order valence-electron chi connectivity index (χ0n) is 19.7. The molecule has 0 aromatic heterocycles. The molecule has 11 nitrogen and oxygen atoms in total. The molecular weight excluding hydrogens is 464 g/mol. The van der Waals surface area contributed by atoms with Gasteiger partial charge in [-0.05, 0) is 38.4 Å². The van der Waals surface area contributed by atoms with E-state index in [0.29, 0.717) is 19.8 Å². The van der Waals surface area contributed by atoms with E-state index in [4.69, 9.17) is 24.5 Å². The molecule has 0 saturated carbocycles. The van der Waals surface area contributed by atoms with E-state index in [1.165, 1.54) is 0 Å². The molecule has 1 atom stereocenters. The van der Waals surface area contributed by atoms with Crippen LogP contribution in [0.3, 0.4) is 0 Å². The molecular formula is C22H32N4O7S. The lowest BCUT2D eigenvalue weighted by atomic mass is 10.1. The van der Waals surface area contributed by atoms with Gasteiger partial charge in [-0.3, -0.25) is 9.59 Å². The highest BCUT2D eigenvalue weighted by Gasteiger charge is 2.29. The number of benzene rings is 1. The molecule has 34 heavy (non-hydrogen) atoms. The van der Waals surface area contributed by atoms with Gasteiger partial charge in [-0.2, -0.15) is 0 Å². The Morgan fingerprint density at radius 2 is 1.65 bits per heavy atom. The summed E-state index contributed by atoms with van der Waals surface area (Å²) >= 11 is 0.994. The van der Waals surface area contributed by atoms with Crippen molar-refractivity contribution >= 4 is 28.8 Å². The third-order valence-corrected chi connectivity index (χ3v) is 4.65. The van der Waals surface area contributed by atoms with Crippen molar-refractivity contribution in [2.24, 2.45) is 5.11 Å². The van der Waals surface area contributed by atoms with E-state index < -0.39 is 23.5 Å². The molecule has 1 aromatic rings. The normalized spacial score (nSPS) is 11.9. The van der Waals surface area contributed by atoms with Gasteiger partial charge in [-0.15, -0.1) is 0 Å². The minimum absolute atomic E-state index is 0.159. The highest BCUT2D eigenvalue weighted by Crippen LogP contribution is 2.21. The fourth-order valence-electron chi connectivity index (χ4n) is 2.39. The largest absolute Gasteiger partial charge is 0.458 e. The van der Waals surface area contributed by atoms with E-state index in [9.17, 15) is 14.4 Å². The number of thioether (sulfide) groups is 1. The van der Waals surface area contributed by atoms with Gasteiger partial charge in [0.25, 0.3) is 0 Å². The van der Waals surface area contributed by atoms with Crippen LogP contribution in [0.25, 0.3) is 10.4 Å². The minimum atomic E-state index is -1.13. The summed E-state index contributed by atoms with van der Waals surface area (Å²) in [5, 5.41) is 5.58. The van der Waals surface area contributed by atoms with Crippen LogP contribution in [0.4, 0.5) is 0 Å². The highest BCUT2D eigenvalue weighted by atomic mass is 32.2. The number of azide groups is 1. The Balaban J connectivity index is 2.39. The maximum atomic E-state index is 12.5. The summed E-state index contributed by atoms with van der Waals surface area (Å²) in [5.74, 6) is -1.23. The van der Waals surface area contributed by atoms with Crippen LogP contribution in [0.15, 0.2) is 40.3 Å². The van der Waals surface area contributed by atoms with Crippen molar-refractivity contribution in [3.8, 4) is 0 Å². The molecule has 1 rings (SSSR count). The van der Waals surface area contributed by atoms with Crippen molar-refractivity contribution in [1.82, 2.24) is 5.32 Å². The summed E-state index contributed by atoms with van der Waals surface area (Å²) in [7, 11) is 0. The predicted octanol–water partition coefficient (Wildman–Crippen LogP) is 2.88. The number of rotatable bonds is 16. The second kappa shape index (κ2) is 16.9. The smallest absolute Gasteiger partial charge is 0.329 e. The molecule has 0 saturated heterocycles. The van der Waals surface area contributed by atoms with Crippen LogP contribution in [0, 0.1) is 0 Å². The van der Waals surface area contributed by atoms with Gasteiger partial charge >= 0.3 is 5.97 Å². The van der Waals surface area contributed by atoms with Crippen LogP contribution in [0.1, 0.15) is 27.2 Å². The van der Waals surface area contributed by atoms with E-state index in [0.717, 1.165) is 16.7 Å². The molecule has 1 N–H and O–H groups in total. The monoisotopic (exact) mass is 496 g/mol. The second-order valence-electron chi connectivity index (χ2n) is 7.88. The highest BCUT2D eigenvalue weighted by molar-refractivity contribution is 8.13. The van der Waals surface area contributed by atoms with E-state index in [1.807, 2.05) is 18.2 Å². The van der Waals surface area contributed by atoms with E-state index >= 15 is 0 Å². The Kier molecular flexibility index (Phi) is 14.6. The first-order valence-corrected chi connectivity index (χ1v) is 11.5. The molecule has 0 spiro atoms. The molecule has 0 aliphatic rings. The van der Waals surface area contributed by atoms with Crippen molar-refractivity contribution in [3.05, 3.63) is 40.8 Å². The molecule has 0 aliphatic heterocycles. The standard InChI is InChI=1S/C22H32N4O7S/c1-22(2,3)33-21(29)18(15-20(28)34-17-7-5-4-6-8-17)25-19(27)16-32-14-13-31-12-11-30-10-9-24-26-23/h4-8,18H,9-16H2,1-3H3,(H,25,27)/t18-/m0/s1. The number of hydrogen-bond donors (Lipinski definition) is 1. The topological polar surface area (TPSA) is 149 Å². The van der Waals surface area contributed by atoms with E-state index in [-0.39, 0.29) is 37.9 Å². The van der Waals surface area contributed by atoms with Gasteiger partial charge < -0.3 is 24.3 Å². The Bertz CT molecular complexity index is 811. The zero-order valence-corrected chi connectivity index (χ0v) is 20.5. The molecule has 0 radical (unpaired) electrons. The van der Waals surface area contributed by atoms with Crippen molar-refractivity contribution in [3.63, 3.8) is 0 Å². The number of amides is 1. The first-order valence-electron chi connectivity index (χ1n) is 10.7. The molecule has 12 heteroatoms. The van der Waals surface area contributed by atoms with Gasteiger partial charge in [-0.1, -0.05) is 35.1 Å². The summed E-state index contributed by atoms with van der Waals surface area (Å²) in [6.07, 6.45) is -0.219. The van der Waals surface area contributed by atoms with Gasteiger partial charge in [0.15, 0.2) is 5.12 Å². The molecule has 0 heterocycles. The van der Waals surface area contributed by atoms with Crippen molar-refractivity contribution < 1.29 is 33.3 Å². The lowest BCUT2D eigenvalue weighted by Crippen LogP contribution is -2.46. The van der Waals surface area contributed by atoms with Gasteiger partial charge in [0.1, 0.15) is 18.2 Å². The average molecular weight is 497 g/mol. The maximum absolute atomic E-state index is 12.5. The number of ether oxygens (including phenoxy) is 4. The molecule has 0 fully saturated rings. The van der Waals surface area contributed by atoms with Gasteiger partial charge in [0.05, 0.1) is 33.0 Å². The Morgan fingerprint density at radius 3 is 2.26 bits per heavy atom. The first kappa shape index (κ1) is 29.4. The number of carbonyl (C=O) groups is 3. The molecule has 1 amide bonds. The van der Waals surface area contributed by atoms with Crippen LogP contribution in [0.2, 0.25) is 0 Å². The fourth-order valence-corrected chi connectivity index (χ4v) is 3.19. The summed E-state index contributed by atoms with van der Waals surface area (Å²) in [5.41, 5.74) is 7.37. The third-order valence-electron chi connectivity index (χ3n) is 3.75. The Morgan fingerprint density at radius 1 is 1.03 bits per heavy atom. The zero-order chi connectivity index (χ0) is 25.2. The van der Waals surface area contributed by atoms with E-state index in [1.54, 1.807) is 32.9 Å². The predicted molar refractivity (Wildman–Crippen MR) is 126 cm³/mol.